The highest BCUT2D eigenvalue weighted by Gasteiger charge is 2.20. The van der Waals surface area contributed by atoms with Crippen LogP contribution in [0.4, 0.5) is 4.39 Å². The van der Waals surface area contributed by atoms with Crippen molar-refractivity contribution in [2.24, 2.45) is 0 Å². The van der Waals surface area contributed by atoms with Crippen LogP contribution in [0.3, 0.4) is 0 Å². The summed E-state index contributed by atoms with van der Waals surface area (Å²) in [4.78, 5) is 20.0. The van der Waals surface area contributed by atoms with E-state index in [0.29, 0.717) is 42.3 Å². The van der Waals surface area contributed by atoms with E-state index < -0.39 is 0 Å². The summed E-state index contributed by atoms with van der Waals surface area (Å²) in [6.07, 6.45) is 0. The van der Waals surface area contributed by atoms with Gasteiger partial charge in [-0.3, -0.25) is 9.36 Å². The molecule has 0 amide bonds. The van der Waals surface area contributed by atoms with Crippen molar-refractivity contribution in [3.63, 3.8) is 0 Å². The number of nitrogens with one attached hydrogen (secondary N) is 1. The van der Waals surface area contributed by atoms with Gasteiger partial charge in [-0.15, -0.1) is 0 Å². The Labute approximate surface area is 215 Å². The standard InChI is InChI=1S/C24H24ClFN4OS3/c1-3-28(4-2)13-14-29-21-20(34-24(29)32)22(31)30(16-9-6-5-7-10-16)23(27-21)33-15-17-18(25)11-8-12-19(17)26/h5-12H,3-4,13-15H2,1-2H3/p+1. The third-order valence-corrected chi connectivity index (χ3v) is 8.52. The fourth-order valence-electron chi connectivity index (χ4n) is 3.76. The lowest BCUT2D eigenvalue weighted by molar-refractivity contribution is -0.897. The molecule has 1 N–H and O–H groups in total. The molecule has 5 nitrogen and oxygen atoms in total. The molecule has 2 aromatic carbocycles. The summed E-state index contributed by atoms with van der Waals surface area (Å²) in [5, 5.41) is 0.822. The van der Waals surface area contributed by atoms with Crippen LogP contribution in [-0.2, 0) is 12.3 Å². The van der Waals surface area contributed by atoms with Gasteiger partial charge in [0.25, 0.3) is 5.56 Å². The van der Waals surface area contributed by atoms with Gasteiger partial charge in [-0.1, -0.05) is 59.0 Å². The van der Waals surface area contributed by atoms with Crippen LogP contribution in [0.25, 0.3) is 16.0 Å². The zero-order valence-electron chi connectivity index (χ0n) is 18.9. The molecule has 0 spiro atoms. The summed E-state index contributed by atoms with van der Waals surface area (Å²) >= 11 is 14.4. The van der Waals surface area contributed by atoms with Crippen LogP contribution in [0.5, 0.6) is 0 Å². The minimum absolute atomic E-state index is 0.177. The number of nitrogens with zero attached hydrogens (tertiary/aromatic N) is 3. The molecule has 4 aromatic rings. The fourth-order valence-corrected chi connectivity index (χ4v) is 6.42. The molecule has 0 aliphatic rings. The monoisotopic (exact) mass is 535 g/mol. The van der Waals surface area contributed by atoms with Gasteiger partial charge in [-0.05, 0) is 50.3 Å². The van der Waals surface area contributed by atoms with Gasteiger partial charge in [-0.25, -0.2) is 9.37 Å². The molecule has 34 heavy (non-hydrogen) atoms. The van der Waals surface area contributed by atoms with Crippen molar-refractivity contribution in [2.75, 3.05) is 19.6 Å². The largest absolute Gasteiger partial charge is 0.334 e. The van der Waals surface area contributed by atoms with E-state index in [2.05, 4.69) is 13.8 Å². The maximum Gasteiger partial charge on any atom is 0.278 e. The Morgan fingerprint density at radius 3 is 2.56 bits per heavy atom. The number of fused-ring (bicyclic) bond motifs is 1. The molecule has 10 heteroatoms. The topological polar surface area (TPSA) is 44.3 Å². The molecule has 0 saturated carbocycles. The molecule has 0 radical (unpaired) electrons. The molecule has 2 heterocycles. The maximum absolute atomic E-state index is 14.4. The molecular formula is C24H25ClFN4OS3+. The van der Waals surface area contributed by atoms with E-state index in [1.165, 1.54) is 34.1 Å². The summed E-state index contributed by atoms with van der Waals surface area (Å²) in [6.45, 7) is 7.92. The Balaban J connectivity index is 1.83. The SMILES string of the molecule is CC[NH+](CC)CCn1c(=S)sc2c(=O)n(-c3ccccc3)c(SCc3c(F)cccc3Cl)nc21. The van der Waals surface area contributed by atoms with Crippen molar-refractivity contribution in [1.82, 2.24) is 14.1 Å². The second-order valence-corrected chi connectivity index (χ2v) is 10.7. The average molecular weight is 536 g/mol. The molecule has 0 atom stereocenters. The summed E-state index contributed by atoms with van der Waals surface area (Å²) in [5.41, 5.74) is 1.49. The Bertz CT molecular complexity index is 1390. The van der Waals surface area contributed by atoms with Gasteiger partial charge >= 0.3 is 0 Å². The second kappa shape index (κ2) is 11.1. The molecule has 2 aromatic heterocycles. The third-order valence-electron chi connectivity index (χ3n) is 5.77. The zero-order valence-corrected chi connectivity index (χ0v) is 22.1. The Hall–Kier alpha value is -2.04. The smallest absolute Gasteiger partial charge is 0.278 e. The number of likely N-dealkylation sites (N-methyl/N-ethyl adjacent to an activating group) is 1. The van der Waals surface area contributed by atoms with Gasteiger partial charge in [0.15, 0.2) is 14.8 Å². The molecule has 0 aliphatic heterocycles. The van der Waals surface area contributed by atoms with Crippen molar-refractivity contribution in [3.8, 4) is 5.69 Å². The quantitative estimate of drug-likeness (QED) is 0.186. The van der Waals surface area contributed by atoms with E-state index in [4.69, 9.17) is 28.8 Å². The Morgan fingerprint density at radius 1 is 1.15 bits per heavy atom. The third kappa shape index (κ3) is 5.13. The molecular weight excluding hydrogens is 511 g/mol. The van der Waals surface area contributed by atoms with Crippen molar-refractivity contribution in [3.05, 3.63) is 79.2 Å². The first-order valence-corrected chi connectivity index (χ1v) is 13.6. The van der Waals surface area contributed by atoms with Crippen LogP contribution >= 0.6 is 46.9 Å². The Kier molecular flexibility index (Phi) is 8.21. The van der Waals surface area contributed by atoms with Gasteiger partial charge < -0.3 is 9.47 Å². The number of halogens is 2. The zero-order chi connectivity index (χ0) is 24.2. The van der Waals surface area contributed by atoms with E-state index in [9.17, 15) is 9.18 Å². The average Bonchev–Trinajstić information content (AvgIpc) is 3.15. The number of para-hydroxylation sites is 1. The van der Waals surface area contributed by atoms with Crippen molar-refractivity contribution in [2.45, 2.75) is 31.3 Å². The summed E-state index contributed by atoms with van der Waals surface area (Å²) in [7, 11) is 0. The van der Waals surface area contributed by atoms with E-state index in [1.807, 2.05) is 34.9 Å². The highest BCUT2D eigenvalue weighted by atomic mass is 35.5. The van der Waals surface area contributed by atoms with Gasteiger partial charge in [0.05, 0.1) is 31.9 Å². The predicted molar refractivity (Wildman–Crippen MR) is 142 cm³/mol. The number of hydrogen-bond donors (Lipinski definition) is 1. The number of thiazole rings is 1. The maximum atomic E-state index is 14.4. The van der Waals surface area contributed by atoms with Crippen LogP contribution in [-0.4, -0.2) is 33.8 Å². The second-order valence-electron chi connectivity index (χ2n) is 7.74. The van der Waals surface area contributed by atoms with Crippen LogP contribution in [0.2, 0.25) is 5.02 Å². The normalized spacial score (nSPS) is 11.6. The highest BCUT2D eigenvalue weighted by molar-refractivity contribution is 7.98. The van der Waals surface area contributed by atoms with Gasteiger partial charge in [0, 0.05) is 16.3 Å². The van der Waals surface area contributed by atoms with Crippen LogP contribution < -0.4 is 10.5 Å². The summed E-state index contributed by atoms with van der Waals surface area (Å²) < 4.78 is 19.1. The van der Waals surface area contributed by atoms with Gasteiger partial charge in [0.1, 0.15) is 10.5 Å². The first-order chi connectivity index (χ1) is 16.4. The minimum Gasteiger partial charge on any atom is -0.334 e. The van der Waals surface area contributed by atoms with E-state index in [-0.39, 0.29) is 17.1 Å². The highest BCUT2D eigenvalue weighted by Crippen LogP contribution is 2.30. The number of benzene rings is 2. The van der Waals surface area contributed by atoms with Crippen molar-refractivity contribution >= 4 is 57.3 Å². The van der Waals surface area contributed by atoms with Gasteiger partial charge in [0.2, 0.25) is 0 Å². The molecule has 0 fully saturated rings. The fraction of sp³-hybridized carbons (Fsp3) is 0.292. The lowest BCUT2D eigenvalue weighted by atomic mass is 10.2. The molecule has 0 aliphatic carbocycles. The molecule has 0 unspecified atom stereocenters. The first-order valence-electron chi connectivity index (χ1n) is 11.1. The van der Waals surface area contributed by atoms with Crippen LogP contribution in [0.1, 0.15) is 19.4 Å². The lowest BCUT2D eigenvalue weighted by Gasteiger charge is -2.16. The number of rotatable bonds is 9. The summed E-state index contributed by atoms with van der Waals surface area (Å²) in [5.74, 6) is -0.139. The van der Waals surface area contributed by atoms with Crippen molar-refractivity contribution in [1.29, 1.82) is 0 Å². The lowest BCUT2D eigenvalue weighted by Crippen LogP contribution is -3.11. The van der Waals surface area contributed by atoms with Crippen LogP contribution in [0.15, 0.2) is 58.5 Å². The number of aromatic nitrogens is 3. The Morgan fingerprint density at radius 2 is 1.88 bits per heavy atom. The van der Waals surface area contributed by atoms with Crippen LogP contribution in [0, 0.1) is 9.77 Å². The predicted octanol–water partition coefficient (Wildman–Crippen LogP) is 4.99. The van der Waals surface area contributed by atoms with Gasteiger partial charge in [-0.2, -0.15) is 0 Å². The number of thioether (sulfide) groups is 1. The number of hydrogen-bond acceptors (Lipinski definition) is 5. The van der Waals surface area contributed by atoms with E-state index in [0.717, 1.165) is 19.6 Å². The first kappa shape index (κ1) is 25.1. The molecule has 178 valence electrons. The van der Waals surface area contributed by atoms with E-state index in [1.54, 1.807) is 16.7 Å². The summed E-state index contributed by atoms with van der Waals surface area (Å²) in [6, 6.07) is 14.0. The number of quaternary nitrogens is 1. The van der Waals surface area contributed by atoms with Crippen molar-refractivity contribution < 1.29 is 9.29 Å². The van der Waals surface area contributed by atoms with E-state index >= 15 is 0 Å². The molecule has 0 bridgehead atoms. The molecule has 0 saturated heterocycles. The minimum atomic E-state index is -0.379. The molecule has 4 rings (SSSR count).